The lowest BCUT2D eigenvalue weighted by atomic mass is 9.78. The van der Waals surface area contributed by atoms with Gasteiger partial charge in [-0.3, -0.25) is 9.55 Å². The average molecular weight is 648 g/mol. The molecule has 0 fully saturated rings. The Labute approximate surface area is 293 Å². The molecule has 0 saturated heterocycles. The molecule has 2 heterocycles. The van der Waals surface area contributed by atoms with Gasteiger partial charge in [0.05, 0.1) is 22.3 Å². The second-order valence-electron chi connectivity index (χ2n) is 13.3. The van der Waals surface area contributed by atoms with Gasteiger partial charge in [-0.2, -0.15) is 0 Å². The molecular formula is C46H37N3O. The van der Waals surface area contributed by atoms with Gasteiger partial charge in [0.1, 0.15) is 11.6 Å². The number of phenols is 1. The molecule has 0 bridgehead atoms. The predicted molar refractivity (Wildman–Crippen MR) is 206 cm³/mol. The number of aryl methyl sites for hydroxylation is 1. The van der Waals surface area contributed by atoms with E-state index in [4.69, 9.17) is 9.97 Å². The summed E-state index contributed by atoms with van der Waals surface area (Å²) >= 11 is 0. The molecule has 0 radical (unpaired) electrons. The summed E-state index contributed by atoms with van der Waals surface area (Å²) < 4.78 is 2.15. The quantitative estimate of drug-likeness (QED) is 0.187. The smallest absolute Gasteiger partial charge is 0.149 e. The molecule has 0 spiro atoms. The molecular weight excluding hydrogens is 611 g/mol. The first-order valence-electron chi connectivity index (χ1n) is 17.0. The SMILES string of the molecule is Cc1cnc(-c2cccc(-c3cccc4c3nc(-c3ccc(C(C)(C)c5ccccc5)cc3O)n4-c3ccccc3)c2)cc1-c1ccccc1. The highest BCUT2D eigenvalue weighted by Gasteiger charge is 2.26. The number of pyridine rings is 1. The topological polar surface area (TPSA) is 50.9 Å². The Bertz CT molecular complexity index is 2460. The van der Waals surface area contributed by atoms with Crippen molar-refractivity contribution in [2.45, 2.75) is 26.2 Å². The van der Waals surface area contributed by atoms with Crippen LogP contribution >= 0.6 is 0 Å². The number of rotatable bonds is 7. The van der Waals surface area contributed by atoms with Crippen LogP contribution in [0.1, 0.15) is 30.5 Å². The number of aromatic nitrogens is 3. The molecule has 8 aromatic rings. The first kappa shape index (κ1) is 31.0. The molecule has 0 atom stereocenters. The number of nitrogens with zero attached hydrogens (tertiary/aromatic N) is 3. The molecule has 2 aromatic heterocycles. The van der Waals surface area contributed by atoms with Crippen molar-refractivity contribution in [3.05, 3.63) is 181 Å². The molecule has 0 aliphatic heterocycles. The third-order valence-electron chi connectivity index (χ3n) is 9.81. The number of benzene rings is 6. The minimum atomic E-state index is -0.289. The molecule has 1 N–H and O–H groups in total. The van der Waals surface area contributed by atoms with Crippen molar-refractivity contribution in [2.24, 2.45) is 0 Å². The molecule has 0 aliphatic carbocycles. The Morgan fingerprint density at radius 2 is 1.22 bits per heavy atom. The molecule has 0 unspecified atom stereocenters. The van der Waals surface area contributed by atoms with Crippen LogP contribution in [0.25, 0.3) is 61.6 Å². The first-order chi connectivity index (χ1) is 24.4. The summed E-state index contributed by atoms with van der Waals surface area (Å²) in [4.78, 5) is 10.1. The minimum absolute atomic E-state index is 0.196. The lowest BCUT2D eigenvalue weighted by Gasteiger charge is -2.26. The molecule has 4 nitrogen and oxygen atoms in total. The normalized spacial score (nSPS) is 11.6. The van der Waals surface area contributed by atoms with Crippen molar-refractivity contribution >= 4 is 11.0 Å². The Morgan fingerprint density at radius 3 is 1.96 bits per heavy atom. The fourth-order valence-corrected chi connectivity index (χ4v) is 6.94. The van der Waals surface area contributed by atoms with Crippen LogP contribution in [0.2, 0.25) is 0 Å². The number of hydrogen-bond acceptors (Lipinski definition) is 3. The summed E-state index contributed by atoms with van der Waals surface area (Å²) in [6.07, 6.45) is 1.96. The number of aromatic hydroxyl groups is 1. The van der Waals surface area contributed by atoms with Gasteiger partial charge >= 0.3 is 0 Å². The van der Waals surface area contributed by atoms with Crippen molar-refractivity contribution in [1.82, 2.24) is 14.5 Å². The fourth-order valence-electron chi connectivity index (χ4n) is 6.94. The Hall–Kier alpha value is -6.26. The van der Waals surface area contributed by atoms with E-state index in [1.807, 2.05) is 48.7 Å². The summed E-state index contributed by atoms with van der Waals surface area (Å²) in [5.74, 6) is 0.881. The highest BCUT2D eigenvalue weighted by atomic mass is 16.3. The van der Waals surface area contributed by atoms with Gasteiger partial charge in [-0.15, -0.1) is 0 Å². The maximum atomic E-state index is 11.7. The molecule has 50 heavy (non-hydrogen) atoms. The fraction of sp³-hybridized carbons (Fsp3) is 0.0870. The molecule has 0 amide bonds. The van der Waals surface area contributed by atoms with Gasteiger partial charge in [0.25, 0.3) is 0 Å². The zero-order chi connectivity index (χ0) is 34.2. The lowest BCUT2D eigenvalue weighted by molar-refractivity contribution is 0.474. The van der Waals surface area contributed by atoms with Gasteiger partial charge < -0.3 is 5.11 Å². The van der Waals surface area contributed by atoms with E-state index in [2.05, 4.69) is 141 Å². The second-order valence-corrected chi connectivity index (χ2v) is 13.3. The van der Waals surface area contributed by atoms with Gasteiger partial charge in [-0.1, -0.05) is 129 Å². The number of phenolic OH excluding ortho intramolecular Hbond substituents is 1. The molecule has 4 heteroatoms. The maximum Gasteiger partial charge on any atom is 0.149 e. The van der Waals surface area contributed by atoms with Crippen LogP contribution in [0.15, 0.2) is 164 Å². The molecule has 6 aromatic carbocycles. The third-order valence-corrected chi connectivity index (χ3v) is 9.81. The number of hydrogen-bond donors (Lipinski definition) is 1. The van der Waals surface area contributed by atoms with Gasteiger partial charge in [0.15, 0.2) is 0 Å². The van der Waals surface area contributed by atoms with Crippen molar-refractivity contribution in [3.63, 3.8) is 0 Å². The summed E-state index contributed by atoms with van der Waals surface area (Å²) in [5, 5.41) is 11.7. The first-order valence-corrected chi connectivity index (χ1v) is 17.0. The Morgan fingerprint density at radius 1 is 0.560 bits per heavy atom. The second kappa shape index (κ2) is 12.6. The third kappa shape index (κ3) is 5.55. The van der Waals surface area contributed by atoms with Crippen molar-refractivity contribution in [3.8, 4) is 56.3 Å². The number of fused-ring (bicyclic) bond motifs is 1. The van der Waals surface area contributed by atoms with Crippen molar-refractivity contribution in [2.75, 3.05) is 0 Å². The maximum absolute atomic E-state index is 11.7. The molecule has 8 rings (SSSR count). The molecule has 0 saturated carbocycles. The highest BCUT2D eigenvalue weighted by molar-refractivity contribution is 5.96. The van der Waals surface area contributed by atoms with Crippen LogP contribution in [-0.2, 0) is 5.41 Å². The van der Waals surface area contributed by atoms with E-state index in [9.17, 15) is 5.11 Å². The molecule has 242 valence electrons. The highest BCUT2D eigenvalue weighted by Crippen LogP contribution is 2.41. The van der Waals surface area contributed by atoms with Crippen LogP contribution in [0, 0.1) is 6.92 Å². The van der Waals surface area contributed by atoms with E-state index < -0.39 is 0 Å². The van der Waals surface area contributed by atoms with Crippen molar-refractivity contribution < 1.29 is 5.11 Å². The Kier molecular flexibility index (Phi) is 7.85. The van der Waals surface area contributed by atoms with E-state index in [1.165, 1.54) is 16.7 Å². The van der Waals surface area contributed by atoms with Crippen LogP contribution in [-0.4, -0.2) is 19.6 Å². The van der Waals surface area contributed by atoms with Crippen LogP contribution < -0.4 is 0 Å². The van der Waals surface area contributed by atoms with E-state index in [1.54, 1.807) is 0 Å². The molecule has 0 aliphatic rings. The van der Waals surface area contributed by atoms with Crippen molar-refractivity contribution in [1.29, 1.82) is 0 Å². The summed E-state index contributed by atoms with van der Waals surface area (Å²) in [6.45, 7) is 6.47. The predicted octanol–water partition coefficient (Wildman–Crippen LogP) is 11.4. The lowest BCUT2D eigenvalue weighted by Crippen LogP contribution is -2.18. The van der Waals surface area contributed by atoms with E-state index in [-0.39, 0.29) is 11.2 Å². The van der Waals surface area contributed by atoms with Gasteiger partial charge in [0, 0.05) is 28.4 Å². The standard InChI is InChI=1S/C46H37N3O/c1-31-30-47-41(29-40(31)32-15-7-4-8-16-32)34-18-13-17-33(27-34)38-23-14-24-42-44(38)48-45(49(42)37-21-11-6-12-22-37)39-26-25-36(28-43(39)50)46(2,3)35-19-9-5-10-20-35/h4-30,50H,1-3H3. The van der Waals surface area contributed by atoms with E-state index >= 15 is 0 Å². The van der Waals surface area contributed by atoms with Crippen LogP contribution in [0.3, 0.4) is 0 Å². The summed E-state index contributed by atoms with van der Waals surface area (Å²) in [7, 11) is 0. The van der Waals surface area contributed by atoms with Gasteiger partial charge in [-0.05, 0) is 82.8 Å². The summed E-state index contributed by atoms with van der Waals surface area (Å²) in [6, 6.07) is 54.1. The van der Waals surface area contributed by atoms with E-state index in [0.29, 0.717) is 11.4 Å². The van der Waals surface area contributed by atoms with Gasteiger partial charge in [0.2, 0.25) is 0 Å². The van der Waals surface area contributed by atoms with Crippen LogP contribution in [0.5, 0.6) is 5.75 Å². The summed E-state index contributed by atoms with van der Waals surface area (Å²) in [5.41, 5.74) is 12.9. The zero-order valence-corrected chi connectivity index (χ0v) is 28.4. The monoisotopic (exact) mass is 647 g/mol. The average Bonchev–Trinajstić information content (AvgIpc) is 3.55. The zero-order valence-electron chi connectivity index (χ0n) is 28.4. The van der Waals surface area contributed by atoms with E-state index in [0.717, 1.165) is 50.2 Å². The minimum Gasteiger partial charge on any atom is -0.507 e. The number of imidazole rings is 1. The van der Waals surface area contributed by atoms with Crippen LogP contribution in [0.4, 0.5) is 0 Å². The largest absolute Gasteiger partial charge is 0.507 e. The number of para-hydroxylation sites is 2. The van der Waals surface area contributed by atoms with Gasteiger partial charge in [-0.25, -0.2) is 4.98 Å². The Balaban J connectivity index is 1.26.